The van der Waals surface area contributed by atoms with E-state index in [1.807, 2.05) is 6.92 Å². The molecule has 0 amide bonds. The fourth-order valence-corrected chi connectivity index (χ4v) is 1.47. The predicted molar refractivity (Wildman–Crippen MR) is 61.4 cm³/mol. The normalized spacial score (nSPS) is 12.3. The number of ketones is 1. The lowest BCUT2D eigenvalue weighted by atomic mass is 9.91. The maximum Gasteiger partial charge on any atom is 0.316 e. The molecule has 0 spiro atoms. The molecule has 0 saturated carbocycles. The second-order valence-corrected chi connectivity index (χ2v) is 4.19. The molecule has 0 aromatic carbocycles. The van der Waals surface area contributed by atoms with Gasteiger partial charge in [0, 0.05) is 12.4 Å². The minimum absolute atomic E-state index is 0.0553. The molecular weight excluding hydrogens is 220 g/mol. The monoisotopic (exact) mass is 236 g/mol. The highest BCUT2D eigenvalue weighted by molar-refractivity contribution is 6.06. The van der Waals surface area contributed by atoms with E-state index in [9.17, 15) is 9.59 Å². The molecule has 0 saturated heterocycles. The minimum atomic E-state index is -0.845. The van der Waals surface area contributed by atoms with E-state index in [4.69, 9.17) is 0 Å². The van der Waals surface area contributed by atoms with Gasteiger partial charge < -0.3 is 4.74 Å². The summed E-state index contributed by atoms with van der Waals surface area (Å²) in [6.07, 6.45) is 3.10. The Morgan fingerprint density at radius 2 is 1.76 bits per heavy atom. The number of rotatable bonds is 4. The number of methoxy groups -OCH3 is 1. The van der Waals surface area contributed by atoms with Crippen molar-refractivity contribution in [2.75, 3.05) is 7.11 Å². The van der Waals surface area contributed by atoms with E-state index in [0.717, 1.165) is 5.56 Å². The molecule has 1 atom stereocenters. The van der Waals surface area contributed by atoms with Crippen LogP contribution in [-0.4, -0.2) is 28.8 Å². The molecule has 5 heteroatoms. The third kappa shape index (κ3) is 3.09. The van der Waals surface area contributed by atoms with Crippen LogP contribution < -0.4 is 0 Å². The summed E-state index contributed by atoms with van der Waals surface area (Å²) in [6.45, 7) is 5.40. The summed E-state index contributed by atoms with van der Waals surface area (Å²) in [7, 11) is 1.26. The van der Waals surface area contributed by atoms with Crippen molar-refractivity contribution in [3.8, 4) is 0 Å². The van der Waals surface area contributed by atoms with E-state index >= 15 is 0 Å². The lowest BCUT2D eigenvalue weighted by molar-refractivity contribution is -0.144. The number of hydrogen-bond donors (Lipinski definition) is 0. The van der Waals surface area contributed by atoms with E-state index in [2.05, 4.69) is 14.7 Å². The third-order valence-corrected chi connectivity index (χ3v) is 2.41. The Morgan fingerprint density at radius 1 is 1.24 bits per heavy atom. The first-order valence-electron chi connectivity index (χ1n) is 5.38. The van der Waals surface area contributed by atoms with Gasteiger partial charge in [-0.05, 0) is 18.4 Å². The summed E-state index contributed by atoms with van der Waals surface area (Å²) in [5, 5.41) is 0. The van der Waals surface area contributed by atoms with Gasteiger partial charge in [0.2, 0.25) is 5.78 Å². The van der Waals surface area contributed by atoms with Crippen LogP contribution in [0.5, 0.6) is 0 Å². The molecule has 5 nitrogen and oxygen atoms in total. The zero-order valence-electron chi connectivity index (χ0n) is 10.4. The average Bonchev–Trinajstić information content (AvgIpc) is 2.29. The molecule has 0 N–H and O–H groups in total. The smallest absolute Gasteiger partial charge is 0.316 e. The Kier molecular flexibility index (Phi) is 4.31. The highest BCUT2D eigenvalue weighted by Crippen LogP contribution is 2.17. The van der Waals surface area contributed by atoms with Crippen molar-refractivity contribution in [3.05, 3.63) is 23.8 Å². The van der Waals surface area contributed by atoms with Crippen LogP contribution in [0.2, 0.25) is 0 Å². The maximum atomic E-state index is 12.1. The summed E-state index contributed by atoms with van der Waals surface area (Å²) in [5.74, 6) is -1.89. The highest BCUT2D eigenvalue weighted by Gasteiger charge is 2.33. The van der Waals surface area contributed by atoms with Gasteiger partial charge in [0.25, 0.3) is 0 Å². The van der Waals surface area contributed by atoms with Crippen LogP contribution >= 0.6 is 0 Å². The molecule has 1 heterocycles. The Bertz CT molecular complexity index is 412. The van der Waals surface area contributed by atoms with Gasteiger partial charge in [0.15, 0.2) is 5.82 Å². The van der Waals surface area contributed by atoms with Gasteiger partial charge in [-0.1, -0.05) is 13.8 Å². The van der Waals surface area contributed by atoms with Gasteiger partial charge in [0.05, 0.1) is 7.11 Å². The summed E-state index contributed by atoms with van der Waals surface area (Å²) in [4.78, 5) is 31.5. The first-order chi connectivity index (χ1) is 7.97. The SMILES string of the molecule is COC(=O)C(C(=O)c1ncc(C)cn1)C(C)C. The predicted octanol–water partition coefficient (Wildman–Crippen LogP) is 1.41. The van der Waals surface area contributed by atoms with Crippen molar-refractivity contribution in [2.45, 2.75) is 20.8 Å². The summed E-state index contributed by atoms with van der Waals surface area (Å²) in [6, 6.07) is 0. The van der Waals surface area contributed by atoms with Crippen molar-refractivity contribution in [3.63, 3.8) is 0 Å². The van der Waals surface area contributed by atoms with Crippen LogP contribution in [0.3, 0.4) is 0 Å². The molecule has 17 heavy (non-hydrogen) atoms. The number of Topliss-reactive ketones (excluding diaryl/α,β-unsaturated/α-hetero) is 1. The number of aromatic nitrogens is 2. The van der Waals surface area contributed by atoms with E-state index in [1.165, 1.54) is 7.11 Å². The zero-order valence-corrected chi connectivity index (χ0v) is 10.4. The van der Waals surface area contributed by atoms with E-state index < -0.39 is 17.7 Å². The number of ether oxygens (including phenoxy) is 1. The third-order valence-electron chi connectivity index (χ3n) is 2.41. The largest absolute Gasteiger partial charge is 0.468 e. The second kappa shape index (κ2) is 5.52. The Balaban J connectivity index is 3.00. The number of esters is 1. The molecule has 0 fully saturated rings. The van der Waals surface area contributed by atoms with E-state index in [0.29, 0.717) is 0 Å². The van der Waals surface area contributed by atoms with Gasteiger partial charge in [0.1, 0.15) is 5.92 Å². The molecule has 1 aromatic heterocycles. The molecule has 0 aliphatic carbocycles. The van der Waals surface area contributed by atoms with E-state index in [-0.39, 0.29) is 11.7 Å². The van der Waals surface area contributed by atoms with Crippen molar-refractivity contribution >= 4 is 11.8 Å². The van der Waals surface area contributed by atoms with Crippen molar-refractivity contribution in [2.24, 2.45) is 11.8 Å². The standard InChI is InChI=1S/C12H16N2O3/c1-7(2)9(12(16)17-4)10(15)11-13-5-8(3)6-14-11/h5-7,9H,1-4H3. The van der Waals surface area contributed by atoms with Gasteiger partial charge in [-0.15, -0.1) is 0 Å². The number of carbonyl (C=O) groups excluding carboxylic acids is 2. The van der Waals surface area contributed by atoms with Crippen LogP contribution in [-0.2, 0) is 9.53 Å². The van der Waals surface area contributed by atoms with Crippen molar-refractivity contribution < 1.29 is 14.3 Å². The number of nitrogens with zero attached hydrogens (tertiary/aromatic N) is 2. The lowest BCUT2D eigenvalue weighted by Gasteiger charge is -2.15. The van der Waals surface area contributed by atoms with E-state index in [1.54, 1.807) is 26.2 Å². The van der Waals surface area contributed by atoms with Gasteiger partial charge in [-0.2, -0.15) is 0 Å². The number of carbonyl (C=O) groups is 2. The van der Waals surface area contributed by atoms with Gasteiger partial charge in [-0.3, -0.25) is 9.59 Å². The minimum Gasteiger partial charge on any atom is -0.468 e. The molecule has 0 radical (unpaired) electrons. The van der Waals surface area contributed by atoms with Crippen molar-refractivity contribution in [1.29, 1.82) is 0 Å². The molecule has 1 unspecified atom stereocenters. The molecule has 1 rings (SSSR count). The van der Waals surface area contributed by atoms with Crippen LogP contribution in [0.25, 0.3) is 0 Å². The Hall–Kier alpha value is -1.78. The Labute approximate surface area is 100 Å². The molecule has 1 aromatic rings. The number of hydrogen-bond acceptors (Lipinski definition) is 5. The quantitative estimate of drug-likeness (QED) is 0.449. The molecule has 0 aliphatic heterocycles. The van der Waals surface area contributed by atoms with Crippen LogP contribution in [0.1, 0.15) is 30.0 Å². The van der Waals surface area contributed by atoms with Gasteiger partial charge in [-0.25, -0.2) is 9.97 Å². The summed E-state index contributed by atoms with van der Waals surface area (Å²) in [5.41, 5.74) is 0.862. The first-order valence-corrected chi connectivity index (χ1v) is 5.38. The van der Waals surface area contributed by atoms with Crippen LogP contribution in [0.15, 0.2) is 12.4 Å². The molecule has 0 aliphatic rings. The fourth-order valence-electron chi connectivity index (χ4n) is 1.47. The maximum absolute atomic E-state index is 12.1. The summed E-state index contributed by atoms with van der Waals surface area (Å²) < 4.78 is 4.62. The lowest BCUT2D eigenvalue weighted by Crippen LogP contribution is -2.31. The summed E-state index contributed by atoms with van der Waals surface area (Å²) >= 11 is 0. The molecular formula is C12H16N2O3. The van der Waals surface area contributed by atoms with Crippen LogP contribution in [0.4, 0.5) is 0 Å². The zero-order chi connectivity index (χ0) is 13.0. The first kappa shape index (κ1) is 13.3. The fraction of sp³-hybridized carbons (Fsp3) is 0.500. The van der Waals surface area contributed by atoms with Crippen LogP contribution in [0, 0.1) is 18.8 Å². The second-order valence-electron chi connectivity index (χ2n) is 4.19. The Morgan fingerprint density at radius 3 is 2.18 bits per heavy atom. The molecule has 92 valence electrons. The average molecular weight is 236 g/mol. The highest BCUT2D eigenvalue weighted by atomic mass is 16.5. The topological polar surface area (TPSA) is 69.2 Å². The van der Waals surface area contributed by atoms with Crippen molar-refractivity contribution in [1.82, 2.24) is 9.97 Å². The molecule has 0 bridgehead atoms. The van der Waals surface area contributed by atoms with Gasteiger partial charge >= 0.3 is 5.97 Å². The number of aryl methyl sites for hydroxylation is 1.